The van der Waals surface area contributed by atoms with Gasteiger partial charge in [-0.15, -0.1) is 0 Å². The summed E-state index contributed by atoms with van der Waals surface area (Å²) in [5, 5.41) is -0.0276. The molecule has 1 saturated heterocycles. The molecule has 0 atom stereocenters. The number of alkyl halides is 3. The van der Waals surface area contributed by atoms with E-state index in [2.05, 4.69) is 9.97 Å². The Bertz CT molecular complexity index is 856. The molecule has 0 spiro atoms. The van der Waals surface area contributed by atoms with Crippen molar-refractivity contribution in [2.45, 2.75) is 6.18 Å². The van der Waals surface area contributed by atoms with Gasteiger partial charge in [0, 0.05) is 12.3 Å². The number of H-pyrrole nitrogens is 2. The van der Waals surface area contributed by atoms with Gasteiger partial charge in [-0.1, -0.05) is 11.6 Å². The van der Waals surface area contributed by atoms with Crippen molar-refractivity contribution in [3.63, 3.8) is 0 Å². The normalized spacial score (nSPS) is 15.2. The smallest absolute Gasteiger partial charge is 0.331 e. The molecular formula is C16H15ClF3N4O2+. The van der Waals surface area contributed by atoms with Gasteiger partial charge in [0.2, 0.25) is 5.56 Å². The Morgan fingerprint density at radius 3 is 2.42 bits per heavy atom. The summed E-state index contributed by atoms with van der Waals surface area (Å²) < 4.78 is 38.1. The van der Waals surface area contributed by atoms with Crippen LogP contribution in [-0.4, -0.2) is 42.0 Å². The summed E-state index contributed by atoms with van der Waals surface area (Å²) in [6.07, 6.45) is -2.24. The van der Waals surface area contributed by atoms with Crippen LogP contribution < -0.4 is 15.4 Å². The van der Waals surface area contributed by atoms with Gasteiger partial charge in [0.1, 0.15) is 24.3 Å². The second-order valence-corrected chi connectivity index (χ2v) is 6.21. The molecule has 0 aromatic carbocycles. The van der Waals surface area contributed by atoms with Crippen molar-refractivity contribution in [2.75, 3.05) is 31.1 Å². The fourth-order valence-corrected chi connectivity index (χ4v) is 3.02. The number of piperazine rings is 1. The Kier molecular flexibility index (Phi) is 4.90. The van der Waals surface area contributed by atoms with E-state index in [1.54, 1.807) is 9.80 Å². The van der Waals surface area contributed by atoms with Gasteiger partial charge in [0.25, 0.3) is 11.7 Å². The maximum atomic E-state index is 12.7. The van der Waals surface area contributed by atoms with E-state index in [-0.39, 0.29) is 16.5 Å². The van der Waals surface area contributed by atoms with Crippen LogP contribution in [0.2, 0.25) is 5.02 Å². The first-order chi connectivity index (χ1) is 12.3. The van der Waals surface area contributed by atoms with E-state index in [1.807, 2.05) is 0 Å². The third-order valence-corrected chi connectivity index (χ3v) is 4.40. The van der Waals surface area contributed by atoms with Gasteiger partial charge in [-0.3, -0.25) is 14.5 Å². The lowest BCUT2D eigenvalue weighted by molar-refractivity contribution is -0.367. The summed E-state index contributed by atoms with van der Waals surface area (Å²) >= 11 is 5.99. The summed E-state index contributed by atoms with van der Waals surface area (Å²) in [5.74, 6) is 0.166. The first kappa shape index (κ1) is 18.2. The molecule has 3 heterocycles. The van der Waals surface area contributed by atoms with Crippen molar-refractivity contribution in [3.8, 4) is 0 Å². The monoisotopic (exact) mass is 387 g/mol. The van der Waals surface area contributed by atoms with Crippen LogP contribution in [-0.2, 0) is 6.18 Å². The largest absolute Gasteiger partial charge is 0.419 e. The number of hydrogen-bond donors (Lipinski definition) is 1. The van der Waals surface area contributed by atoms with Gasteiger partial charge in [-0.05, 0) is 12.1 Å². The molecule has 0 unspecified atom stereocenters. The number of halogens is 4. The molecule has 138 valence electrons. The Hall–Kier alpha value is -2.55. The van der Waals surface area contributed by atoms with E-state index in [4.69, 9.17) is 11.6 Å². The number of anilines is 1. The van der Waals surface area contributed by atoms with Gasteiger partial charge in [-0.2, -0.15) is 13.2 Å². The van der Waals surface area contributed by atoms with Crippen LogP contribution in [0.25, 0.3) is 0 Å². The van der Waals surface area contributed by atoms with Gasteiger partial charge in [0.05, 0.1) is 24.2 Å². The molecule has 1 aliphatic rings. The predicted molar refractivity (Wildman–Crippen MR) is 88.2 cm³/mol. The molecule has 0 saturated carbocycles. The number of aromatic amines is 2. The highest BCUT2D eigenvalue weighted by atomic mass is 35.5. The van der Waals surface area contributed by atoms with Gasteiger partial charge in [0.15, 0.2) is 0 Å². The highest BCUT2D eigenvalue weighted by molar-refractivity contribution is 6.32. The fourth-order valence-electron chi connectivity index (χ4n) is 2.73. The minimum absolute atomic E-state index is 0.0276. The molecule has 1 fully saturated rings. The van der Waals surface area contributed by atoms with Crippen molar-refractivity contribution in [2.24, 2.45) is 0 Å². The number of pyridine rings is 2. The molecule has 26 heavy (non-hydrogen) atoms. The predicted octanol–water partition coefficient (Wildman–Crippen LogP) is 1.82. The van der Waals surface area contributed by atoms with E-state index in [9.17, 15) is 22.8 Å². The fraction of sp³-hybridized carbons (Fsp3) is 0.312. The van der Waals surface area contributed by atoms with Crippen molar-refractivity contribution >= 4 is 23.3 Å². The number of nitrogens with zero attached hydrogens (tertiary/aromatic N) is 2. The molecule has 0 radical (unpaired) electrons. The van der Waals surface area contributed by atoms with Crippen LogP contribution in [0.5, 0.6) is 0 Å². The first-order valence-corrected chi connectivity index (χ1v) is 8.15. The van der Waals surface area contributed by atoms with Crippen LogP contribution in [0.4, 0.5) is 19.0 Å². The van der Waals surface area contributed by atoms with Crippen LogP contribution in [0, 0.1) is 0 Å². The Morgan fingerprint density at radius 1 is 1.19 bits per heavy atom. The van der Waals surface area contributed by atoms with Crippen molar-refractivity contribution < 1.29 is 22.9 Å². The van der Waals surface area contributed by atoms with E-state index in [0.29, 0.717) is 37.6 Å². The highest BCUT2D eigenvalue weighted by Crippen LogP contribution is 2.32. The molecule has 10 heteroatoms. The number of nitrogens with one attached hydrogen (secondary N) is 2. The highest BCUT2D eigenvalue weighted by Gasteiger charge is 2.34. The third-order valence-electron chi connectivity index (χ3n) is 4.11. The number of aromatic nitrogens is 2. The number of carbonyl (C=O) groups excluding carboxylic acids is 1. The molecular weight excluding hydrogens is 373 g/mol. The minimum atomic E-state index is -4.47. The average molecular weight is 388 g/mol. The number of carbonyl (C=O) groups is 1. The van der Waals surface area contributed by atoms with Crippen LogP contribution in [0.3, 0.4) is 0 Å². The van der Waals surface area contributed by atoms with Crippen molar-refractivity contribution in [1.29, 1.82) is 0 Å². The maximum Gasteiger partial charge on any atom is 0.419 e. The lowest BCUT2D eigenvalue weighted by Gasteiger charge is -2.31. The SMILES string of the molecule is O=C(c1ccc(=O)[nH]c1)N1CCN(c2[nH+]cc(C(F)(F)F)cc2Cl)CC1. The Balaban J connectivity index is 1.68. The van der Waals surface area contributed by atoms with Gasteiger partial charge < -0.3 is 9.88 Å². The molecule has 2 aromatic heterocycles. The number of amides is 1. The average Bonchev–Trinajstić information content (AvgIpc) is 2.61. The van der Waals surface area contributed by atoms with Crippen LogP contribution in [0.15, 0.2) is 35.4 Å². The first-order valence-electron chi connectivity index (χ1n) is 7.77. The second-order valence-electron chi connectivity index (χ2n) is 5.80. The van der Waals surface area contributed by atoms with E-state index < -0.39 is 11.7 Å². The molecule has 1 amide bonds. The van der Waals surface area contributed by atoms with Crippen LogP contribution >= 0.6 is 11.6 Å². The molecule has 3 rings (SSSR count). The van der Waals surface area contributed by atoms with Gasteiger partial charge >= 0.3 is 6.18 Å². The molecule has 1 aliphatic heterocycles. The second kappa shape index (κ2) is 6.99. The summed E-state index contributed by atoms with van der Waals surface area (Å²) in [7, 11) is 0. The van der Waals surface area contributed by atoms with E-state index in [1.165, 1.54) is 18.3 Å². The van der Waals surface area contributed by atoms with Crippen LogP contribution in [0.1, 0.15) is 15.9 Å². The Morgan fingerprint density at radius 2 is 1.88 bits per heavy atom. The lowest BCUT2D eigenvalue weighted by Crippen LogP contribution is -2.50. The minimum Gasteiger partial charge on any atom is -0.331 e. The maximum absolute atomic E-state index is 12.7. The molecule has 6 nitrogen and oxygen atoms in total. The lowest BCUT2D eigenvalue weighted by atomic mass is 10.2. The topological polar surface area (TPSA) is 70.6 Å². The molecule has 2 aromatic rings. The molecule has 0 bridgehead atoms. The summed E-state index contributed by atoms with van der Waals surface area (Å²) in [6, 6.07) is 3.61. The molecule has 2 N–H and O–H groups in total. The zero-order valence-electron chi connectivity index (χ0n) is 13.4. The number of hydrogen-bond acceptors (Lipinski definition) is 3. The van der Waals surface area contributed by atoms with E-state index >= 15 is 0 Å². The number of rotatable bonds is 2. The van der Waals surface area contributed by atoms with E-state index in [0.717, 1.165) is 12.3 Å². The summed E-state index contributed by atoms with van der Waals surface area (Å²) in [4.78, 5) is 31.9. The summed E-state index contributed by atoms with van der Waals surface area (Å²) in [5.41, 5.74) is -0.769. The van der Waals surface area contributed by atoms with Gasteiger partial charge in [-0.25, -0.2) is 4.98 Å². The third kappa shape index (κ3) is 3.82. The summed E-state index contributed by atoms with van der Waals surface area (Å²) in [6.45, 7) is 1.58. The zero-order chi connectivity index (χ0) is 18.9. The Labute approximate surface area is 151 Å². The quantitative estimate of drug-likeness (QED) is 0.854. The molecule has 0 aliphatic carbocycles. The standard InChI is InChI=1S/C16H14ClF3N4O2/c17-12-7-11(16(18,19)20)9-22-14(12)23-3-5-24(6-4-23)15(26)10-1-2-13(25)21-8-10/h1-2,7-9H,3-6H2,(H,21,25)/p+1. The van der Waals surface area contributed by atoms with Crippen molar-refractivity contribution in [1.82, 2.24) is 9.88 Å². The van der Waals surface area contributed by atoms with Crippen molar-refractivity contribution in [3.05, 3.63) is 57.1 Å². The zero-order valence-corrected chi connectivity index (χ0v) is 14.2.